The minimum atomic E-state index is -0.995. The summed E-state index contributed by atoms with van der Waals surface area (Å²) >= 11 is 3.44. The number of hydrogen-bond donors (Lipinski definition) is 1. The van der Waals surface area contributed by atoms with Gasteiger partial charge in [0.2, 0.25) is 5.88 Å². The van der Waals surface area contributed by atoms with Gasteiger partial charge in [0.1, 0.15) is 5.75 Å². The number of rotatable bonds is 4. The molecule has 1 aromatic carbocycles. The third kappa shape index (κ3) is 3.82. The highest BCUT2D eigenvalue weighted by atomic mass is 79.9. The van der Waals surface area contributed by atoms with Crippen molar-refractivity contribution in [3.05, 3.63) is 51.6 Å². The van der Waals surface area contributed by atoms with Gasteiger partial charge in [-0.1, -0.05) is 29.8 Å². The van der Waals surface area contributed by atoms with Crippen molar-refractivity contribution in [2.75, 3.05) is 0 Å². The van der Waals surface area contributed by atoms with Gasteiger partial charge < -0.3 is 9.84 Å². The molecule has 0 saturated carbocycles. The molecule has 1 N–H and O–H groups in total. The molecule has 0 unspecified atom stereocenters. The third-order valence-corrected chi connectivity index (χ3v) is 3.48. The van der Waals surface area contributed by atoms with Gasteiger partial charge in [-0.15, -0.1) is 0 Å². The van der Waals surface area contributed by atoms with E-state index in [1.807, 2.05) is 18.2 Å². The minimum absolute atomic E-state index is 0.167. The van der Waals surface area contributed by atoms with Crippen LogP contribution in [0.2, 0.25) is 0 Å². The van der Waals surface area contributed by atoms with E-state index in [4.69, 9.17) is 9.84 Å². The topological polar surface area (TPSA) is 59.4 Å². The first-order valence-electron chi connectivity index (χ1n) is 6.56. The highest BCUT2D eigenvalue weighted by Gasteiger charge is 2.12. The van der Waals surface area contributed by atoms with E-state index in [0.29, 0.717) is 11.4 Å². The molecule has 0 spiro atoms. The van der Waals surface area contributed by atoms with Crippen LogP contribution in [0.3, 0.4) is 0 Å². The normalized spacial score (nSPS) is 10.7. The van der Waals surface area contributed by atoms with Gasteiger partial charge in [0, 0.05) is 16.2 Å². The molecule has 0 amide bonds. The van der Waals surface area contributed by atoms with Crippen LogP contribution in [0.1, 0.15) is 41.4 Å². The largest absolute Gasteiger partial charge is 0.478 e. The van der Waals surface area contributed by atoms with Gasteiger partial charge in [0.15, 0.2) is 0 Å². The Morgan fingerprint density at radius 2 is 2.00 bits per heavy atom. The Morgan fingerprint density at radius 3 is 2.62 bits per heavy atom. The van der Waals surface area contributed by atoms with Crippen molar-refractivity contribution >= 4 is 21.9 Å². The number of halogens is 1. The van der Waals surface area contributed by atoms with Gasteiger partial charge in [-0.25, -0.2) is 9.78 Å². The summed E-state index contributed by atoms with van der Waals surface area (Å²) in [4.78, 5) is 15.3. The van der Waals surface area contributed by atoms with Crippen LogP contribution >= 0.6 is 15.9 Å². The fourth-order valence-electron chi connectivity index (χ4n) is 1.99. The molecule has 0 radical (unpaired) electrons. The van der Waals surface area contributed by atoms with Gasteiger partial charge >= 0.3 is 5.97 Å². The molecule has 0 bridgehead atoms. The van der Waals surface area contributed by atoms with Gasteiger partial charge in [-0.2, -0.15) is 0 Å². The molecule has 110 valence electrons. The SMILES string of the molecule is Cc1cc(C(=O)O)cc(Oc2ccc(Br)cc2C(C)C)n1. The van der Waals surface area contributed by atoms with Crippen LogP contribution in [0.15, 0.2) is 34.8 Å². The van der Waals surface area contributed by atoms with E-state index in [2.05, 4.69) is 34.8 Å². The number of aromatic nitrogens is 1. The lowest BCUT2D eigenvalue weighted by atomic mass is 10.0. The summed E-state index contributed by atoms with van der Waals surface area (Å²) in [6.07, 6.45) is 0. The molecule has 0 aliphatic carbocycles. The second kappa shape index (κ2) is 6.26. The maximum Gasteiger partial charge on any atom is 0.335 e. The Labute approximate surface area is 131 Å². The fourth-order valence-corrected chi connectivity index (χ4v) is 2.37. The molecule has 0 fully saturated rings. The number of aryl methyl sites for hydroxylation is 1. The Balaban J connectivity index is 2.40. The van der Waals surface area contributed by atoms with Crippen LogP contribution in [-0.4, -0.2) is 16.1 Å². The molecular weight excluding hydrogens is 334 g/mol. The summed E-state index contributed by atoms with van der Waals surface area (Å²) in [6, 6.07) is 8.68. The lowest BCUT2D eigenvalue weighted by molar-refractivity contribution is 0.0696. The van der Waals surface area contributed by atoms with Gasteiger partial charge in [0.05, 0.1) is 5.56 Å². The second-order valence-corrected chi connectivity index (χ2v) is 6.00. The number of ether oxygens (including phenoxy) is 1. The van der Waals surface area contributed by atoms with Crippen molar-refractivity contribution in [1.29, 1.82) is 0 Å². The van der Waals surface area contributed by atoms with Crippen LogP contribution in [0.4, 0.5) is 0 Å². The van der Waals surface area contributed by atoms with Crippen LogP contribution in [0.5, 0.6) is 11.6 Å². The van der Waals surface area contributed by atoms with E-state index in [0.717, 1.165) is 10.0 Å². The second-order valence-electron chi connectivity index (χ2n) is 5.08. The maximum atomic E-state index is 11.1. The van der Waals surface area contributed by atoms with Crippen molar-refractivity contribution in [1.82, 2.24) is 4.98 Å². The Hall–Kier alpha value is -1.88. The summed E-state index contributed by atoms with van der Waals surface area (Å²) in [5, 5.41) is 9.09. The molecule has 0 saturated heterocycles. The molecule has 2 aromatic rings. The van der Waals surface area contributed by atoms with Gasteiger partial charge in [0.25, 0.3) is 0 Å². The first-order chi connectivity index (χ1) is 9.86. The maximum absolute atomic E-state index is 11.1. The number of carboxylic acids is 1. The lowest BCUT2D eigenvalue weighted by Crippen LogP contribution is -2.01. The number of pyridine rings is 1. The first-order valence-corrected chi connectivity index (χ1v) is 7.35. The number of benzene rings is 1. The van der Waals surface area contributed by atoms with E-state index in [1.54, 1.807) is 6.92 Å². The lowest BCUT2D eigenvalue weighted by Gasteiger charge is -2.14. The van der Waals surface area contributed by atoms with Crippen molar-refractivity contribution in [3.8, 4) is 11.6 Å². The molecule has 4 nitrogen and oxygen atoms in total. The fraction of sp³-hybridized carbons (Fsp3) is 0.250. The third-order valence-electron chi connectivity index (χ3n) is 2.99. The molecule has 1 heterocycles. The van der Waals surface area contributed by atoms with Gasteiger partial charge in [-0.05, 0) is 42.7 Å². The van der Waals surface area contributed by atoms with Crippen molar-refractivity contribution < 1.29 is 14.6 Å². The zero-order valence-corrected chi connectivity index (χ0v) is 13.6. The van der Waals surface area contributed by atoms with E-state index in [-0.39, 0.29) is 17.4 Å². The summed E-state index contributed by atoms with van der Waals surface area (Å²) in [5.74, 6) is 0.255. The smallest absolute Gasteiger partial charge is 0.335 e. The van der Waals surface area contributed by atoms with Crippen molar-refractivity contribution in [2.24, 2.45) is 0 Å². The summed E-state index contributed by atoms with van der Waals surface area (Å²) in [5.41, 5.74) is 1.80. The summed E-state index contributed by atoms with van der Waals surface area (Å²) in [6.45, 7) is 5.88. The molecule has 0 aliphatic rings. The average Bonchev–Trinajstić information content (AvgIpc) is 2.40. The number of carbonyl (C=O) groups is 1. The van der Waals surface area contributed by atoms with Crippen LogP contribution in [-0.2, 0) is 0 Å². The van der Waals surface area contributed by atoms with E-state index in [1.165, 1.54) is 12.1 Å². The monoisotopic (exact) mass is 349 g/mol. The van der Waals surface area contributed by atoms with E-state index < -0.39 is 5.97 Å². The zero-order valence-electron chi connectivity index (χ0n) is 12.1. The molecule has 0 aliphatic heterocycles. The molecule has 21 heavy (non-hydrogen) atoms. The van der Waals surface area contributed by atoms with Crippen LogP contribution < -0.4 is 4.74 Å². The predicted molar refractivity (Wildman–Crippen MR) is 84.2 cm³/mol. The van der Waals surface area contributed by atoms with Crippen molar-refractivity contribution in [2.45, 2.75) is 26.7 Å². The van der Waals surface area contributed by atoms with E-state index >= 15 is 0 Å². The molecule has 2 rings (SSSR count). The number of carboxylic acid groups (broad SMARTS) is 1. The molecule has 0 atom stereocenters. The minimum Gasteiger partial charge on any atom is -0.478 e. The quantitative estimate of drug-likeness (QED) is 0.863. The Bertz CT molecular complexity index is 683. The van der Waals surface area contributed by atoms with Crippen LogP contribution in [0, 0.1) is 6.92 Å². The molecular formula is C16H16BrNO3. The highest BCUT2D eigenvalue weighted by Crippen LogP contribution is 2.32. The van der Waals surface area contributed by atoms with Gasteiger partial charge in [-0.3, -0.25) is 0 Å². The molecule has 1 aromatic heterocycles. The summed E-state index contributed by atoms with van der Waals surface area (Å²) in [7, 11) is 0. The van der Waals surface area contributed by atoms with Crippen molar-refractivity contribution in [3.63, 3.8) is 0 Å². The predicted octanol–water partition coefficient (Wildman–Crippen LogP) is 4.77. The number of aromatic carboxylic acids is 1. The zero-order chi connectivity index (χ0) is 15.6. The Morgan fingerprint density at radius 1 is 1.29 bits per heavy atom. The average molecular weight is 350 g/mol. The molecule has 5 heteroatoms. The standard InChI is InChI=1S/C16H16BrNO3/c1-9(2)13-8-12(17)4-5-14(13)21-15-7-11(16(19)20)6-10(3)18-15/h4-9H,1-3H3,(H,19,20). The number of nitrogens with zero attached hydrogens (tertiary/aromatic N) is 1. The number of hydrogen-bond acceptors (Lipinski definition) is 3. The highest BCUT2D eigenvalue weighted by molar-refractivity contribution is 9.10. The first kappa shape index (κ1) is 15.5. The van der Waals surface area contributed by atoms with Crippen LogP contribution in [0.25, 0.3) is 0 Å². The summed E-state index contributed by atoms with van der Waals surface area (Å²) < 4.78 is 6.78. The Kier molecular flexibility index (Phi) is 4.63. The van der Waals surface area contributed by atoms with E-state index in [9.17, 15) is 4.79 Å².